The van der Waals surface area contributed by atoms with E-state index in [0.29, 0.717) is 11.5 Å². The zero-order valence-corrected chi connectivity index (χ0v) is 11.3. The normalized spacial score (nSPS) is 22.7. The second-order valence-electron chi connectivity index (χ2n) is 6.12. The minimum absolute atomic E-state index is 0.393. The fourth-order valence-electron chi connectivity index (χ4n) is 2.51. The van der Waals surface area contributed by atoms with E-state index in [-0.39, 0.29) is 0 Å². The smallest absolute Gasteiger partial charge is 0.0632 e. The van der Waals surface area contributed by atoms with E-state index < -0.39 is 0 Å². The Bertz CT molecular complexity index is 186. The Kier molecular flexibility index (Phi) is 5.73. The standard InChI is InChI=1S/C13H28N2O/c1-11(2)7-13(3,4)10-14-8-12-9-16-6-5-15-12/h11-12,14-15H,5-10H2,1-4H3. The molecule has 0 spiro atoms. The lowest BCUT2D eigenvalue weighted by Crippen LogP contribution is -2.48. The van der Waals surface area contributed by atoms with Crippen LogP contribution in [0, 0.1) is 11.3 Å². The zero-order valence-electron chi connectivity index (χ0n) is 11.3. The second kappa shape index (κ2) is 6.58. The van der Waals surface area contributed by atoms with Gasteiger partial charge in [-0.25, -0.2) is 0 Å². The van der Waals surface area contributed by atoms with Crippen molar-refractivity contribution in [3.05, 3.63) is 0 Å². The highest BCUT2D eigenvalue weighted by Crippen LogP contribution is 2.23. The third-order valence-corrected chi connectivity index (χ3v) is 2.95. The van der Waals surface area contributed by atoms with Crippen LogP contribution in [-0.2, 0) is 4.74 Å². The van der Waals surface area contributed by atoms with Gasteiger partial charge in [0, 0.05) is 25.7 Å². The first kappa shape index (κ1) is 13.9. The molecule has 0 radical (unpaired) electrons. The number of morpholine rings is 1. The van der Waals surface area contributed by atoms with Crippen molar-refractivity contribution in [1.29, 1.82) is 0 Å². The van der Waals surface area contributed by atoms with Gasteiger partial charge in [0.05, 0.1) is 13.2 Å². The van der Waals surface area contributed by atoms with Crippen LogP contribution in [0.15, 0.2) is 0 Å². The van der Waals surface area contributed by atoms with Gasteiger partial charge < -0.3 is 15.4 Å². The van der Waals surface area contributed by atoms with Crippen LogP contribution in [0.4, 0.5) is 0 Å². The molecule has 0 aromatic heterocycles. The summed E-state index contributed by atoms with van der Waals surface area (Å²) < 4.78 is 5.43. The molecule has 1 unspecified atom stereocenters. The van der Waals surface area contributed by atoms with Gasteiger partial charge in [-0.3, -0.25) is 0 Å². The summed E-state index contributed by atoms with van der Waals surface area (Å²) in [5.74, 6) is 0.771. The largest absolute Gasteiger partial charge is 0.378 e. The van der Waals surface area contributed by atoms with E-state index >= 15 is 0 Å². The van der Waals surface area contributed by atoms with Gasteiger partial charge in [0.2, 0.25) is 0 Å². The lowest BCUT2D eigenvalue weighted by atomic mass is 9.84. The number of hydrogen-bond acceptors (Lipinski definition) is 3. The molecule has 1 aliphatic rings. The molecule has 0 aromatic carbocycles. The van der Waals surface area contributed by atoms with Crippen molar-refractivity contribution >= 4 is 0 Å². The van der Waals surface area contributed by atoms with E-state index in [4.69, 9.17) is 4.74 Å². The summed E-state index contributed by atoms with van der Waals surface area (Å²) >= 11 is 0. The summed E-state index contributed by atoms with van der Waals surface area (Å²) in [4.78, 5) is 0. The number of rotatable bonds is 6. The summed E-state index contributed by atoms with van der Waals surface area (Å²) in [5, 5.41) is 7.02. The average molecular weight is 228 g/mol. The van der Waals surface area contributed by atoms with Crippen LogP contribution in [0.2, 0.25) is 0 Å². The lowest BCUT2D eigenvalue weighted by Gasteiger charge is -2.29. The Hall–Kier alpha value is -0.120. The zero-order chi connectivity index (χ0) is 12.0. The monoisotopic (exact) mass is 228 g/mol. The summed E-state index contributed by atoms with van der Waals surface area (Å²) in [6.45, 7) is 14.0. The fraction of sp³-hybridized carbons (Fsp3) is 1.00. The Balaban J connectivity index is 2.13. The lowest BCUT2D eigenvalue weighted by molar-refractivity contribution is 0.0756. The van der Waals surface area contributed by atoms with Gasteiger partial charge in [0.1, 0.15) is 0 Å². The molecule has 1 saturated heterocycles. The highest BCUT2D eigenvalue weighted by Gasteiger charge is 2.20. The Morgan fingerprint density at radius 2 is 2.19 bits per heavy atom. The Morgan fingerprint density at radius 3 is 2.75 bits per heavy atom. The van der Waals surface area contributed by atoms with E-state index in [9.17, 15) is 0 Å². The first-order valence-corrected chi connectivity index (χ1v) is 6.51. The first-order chi connectivity index (χ1) is 7.49. The SMILES string of the molecule is CC(C)CC(C)(C)CNCC1COCCN1. The van der Waals surface area contributed by atoms with Crippen molar-refractivity contribution in [3.8, 4) is 0 Å². The van der Waals surface area contributed by atoms with E-state index in [1.54, 1.807) is 0 Å². The summed E-state index contributed by atoms with van der Waals surface area (Å²) in [7, 11) is 0. The molecule has 1 heterocycles. The molecule has 16 heavy (non-hydrogen) atoms. The van der Waals surface area contributed by atoms with E-state index in [1.165, 1.54) is 6.42 Å². The van der Waals surface area contributed by atoms with E-state index in [0.717, 1.165) is 38.8 Å². The first-order valence-electron chi connectivity index (χ1n) is 6.51. The third-order valence-electron chi connectivity index (χ3n) is 2.95. The van der Waals surface area contributed by atoms with Crippen molar-refractivity contribution < 1.29 is 4.74 Å². The van der Waals surface area contributed by atoms with Crippen LogP contribution in [0.25, 0.3) is 0 Å². The molecule has 1 aliphatic heterocycles. The molecule has 1 fully saturated rings. The maximum Gasteiger partial charge on any atom is 0.0632 e. The molecule has 0 amide bonds. The Morgan fingerprint density at radius 1 is 1.44 bits per heavy atom. The van der Waals surface area contributed by atoms with Gasteiger partial charge in [0.15, 0.2) is 0 Å². The highest BCUT2D eigenvalue weighted by atomic mass is 16.5. The second-order valence-corrected chi connectivity index (χ2v) is 6.12. The van der Waals surface area contributed by atoms with Gasteiger partial charge in [0.25, 0.3) is 0 Å². The number of hydrogen-bond donors (Lipinski definition) is 2. The molecule has 0 bridgehead atoms. The highest BCUT2D eigenvalue weighted by molar-refractivity contribution is 4.77. The average Bonchev–Trinajstić information content (AvgIpc) is 2.16. The summed E-state index contributed by atoms with van der Waals surface area (Å²) in [6.07, 6.45) is 1.27. The van der Waals surface area contributed by atoms with Crippen molar-refractivity contribution in [2.45, 2.75) is 40.2 Å². The van der Waals surface area contributed by atoms with Crippen molar-refractivity contribution in [2.24, 2.45) is 11.3 Å². The number of nitrogens with one attached hydrogen (secondary N) is 2. The molecule has 0 saturated carbocycles. The van der Waals surface area contributed by atoms with Crippen molar-refractivity contribution in [3.63, 3.8) is 0 Å². The van der Waals surface area contributed by atoms with E-state index in [2.05, 4.69) is 38.3 Å². The maximum atomic E-state index is 5.43. The predicted octanol–water partition coefficient (Wildman–Crippen LogP) is 1.64. The maximum absolute atomic E-state index is 5.43. The third kappa shape index (κ3) is 5.83. The van der Waals surface area contributed by atoms with Crippen molar-refractivity contribution in [2.75, 3.05) is 32.8 Å². The van der Waals surface area contributed by atoms with Crippen LogP contribution < -0.4 is 10.6 Å². The van der Waals surface area contributed by atoms with Crippen LogP contribution in [-0.4, -0.2) is 38.9 Å². The predicted molar refractivity (Wildman–Crippen MR) is 68.7 cm³/mol. The molecule has 0 aliphatic carbocycles. The van der Waals surface area contributed by atoms with Gasteiger partial charge in [-0.1, -0.05) is 27.7 Å². The van der Waals surface area contributed by atoms with Gasteiger partial charge in [-0.15, -0.1) is 0 Å². The number of ether oxygens (including phenoxy) is 1. The van der Waals surface area contributed by atoms with Gasteiger partial charge >= 0.3 is 0 Å². The van der Waals surface area contributed by atoms with Crippen LogP contribution in [0.1, 0.15) is 34.1 Å². The van der Waals surface area contributed by atoms with Crippen molar-refractivity contribution in [1.82, 2.24) is 10.6 Å². The minimum atomic E-state index is 0.393. The summed E-state index contributed by atoms with van der Waals surface area (Å²) in [6, 6.07) is 0.489. The quantitative estimate of drug-likeness (QED) is 0.725. The van der Waals surface area contributed by atoms with E-state index in [1.807, 2.05) is 0 Å². The molecule has 1 atom stereocenters. The molecule has 96 valence electrons. The summed E-state index contributed by atoms with van der Waals surface area (Å²) in [5.41, 5.74) is 0.393. The van der Waals surface area contributed by atoms with Crippen LogP contribution in [0.5, 0.6) is 0 Å². The molecule has 2 N–H and O–H groups in total. The topological polar surface area (TPSA) is 33.3 Å². The molecule has 3 heteroatoms. The Labute approximate surface area is 100 Å². The molecule has 3 nitrogen and oxygen atoms in total. The van der Waals surface area contributed by atoms with Crippen LogP contribution in [0.3, 0.4) is 0 Å². The molecular weight excluding hydrogens is 200 g/mol. The van der Waals surface area contributed by atoms with Gasteiger partial charge in [-0.2, -0.15) is 0 Å². The molecule has 0 aromatic rings. The van der Waals surface area contributed by atoms with Crippen LogP contribution >= 0.6 is 0 Å². The minimum Gasteiger partial charge on any atom is -0.378 e. The molecular formula is C13H28N2O. The molecule has 1 rings (SSSR count). The van der Waals surface area contributed by atoms with Gasteiger partial charge in [-0.05, 0) is 17.8 Å². The fourth-order valence-corrected chi connectivity index (χ4v) is 2.51.